The summed E-state index contributed by atoms with van der Waals surface area (Å²) in [6.07, 6.45) is -2.00. The zero-order chi connectivity index (χ0) is 25.0. The van der Waals surface area contributed by atoms with E-state index in [-0.39, 0.29) is 16.7 Å². The van der Waals surface area contributed by atoms with E-state index in [0.717, 1.165) is 6.21 Å². The van der Waals surface area contributed by atoms with Gasteiger partial charge in [0.1, 0.15) is 0 Å². The molecule has 1 N–H and O–H groups in total. The Morgan fingerprint density at radius 3 is 1.40 bits per heavy atom. The second kappa shape index (κ2) is 12.5. The first kappa shape index (κ1) is 24.9. The highest BCUT2D eigenvalue weighted by atomic mass is 16.6. The largest absolute Gasteiger partial charge is 0.450 e. The Balaban J connectivity index is 1.92. The van der Waals surface area contributed by atoms with Crippen molar-refractivity contribution in [2.75, 3.05) is 0 Å². The molecule has 0 bridgehead atoms. The molecule has 0 amide bonds. The summed E-state index contributed by atoms with van der Waals surface area (Å²) in [6.45, 7) is 3.67. The van der Waals surface area contributed by atoms with Crippen LogP contribution in [-0.4, -0.2) is 47.6 Å². The third-order valence-corrected chi connectivity index (χ3v) is 4.85. The lowest BCUT2D eigenvalue weighted by molar-refractivity contribution is -0.0573. The van der Waals surface area contributed by atoms with Crippen LogP contribution in [0.15, 0.2) is 109 Å². The van der Waals surface area contributed by atoms with Crippen molar-refractivity contribution in [1.82, 2.24) is 0 Å². The molecular weight excluding hydrogens is 450 g/mol. The maximum absolute atomic E-state index is 12.9. The molecule has 0 unspecified atom stereocenters. The first-order valence-electron chi connectivity index (χ1n) is 10.6. The van der Waals surface area contributed by atoms with Crippen molar-refractivity contribution < 1.29 is 33.8 Å². The number of ether oxygens (including phenoxy) is 3. The van der Waals surface area contributed by atoms with Crippen molar-refractivity contribution in [3.63, 3.8) is 0 Å². The van der Waals surface area contributed by atoms with Crippen molar-refractivity contribution >= 4 is 24.1 Å². The Bertz CT molecular complexity index is 1160. The van der Waals surface area contributed by atoms with Crippen molar-refractivity contribution in [3.8, 4) is 0 Å². The van der Waals surface area contributed by atoms with Gasteiger partial charge in [0, 0.05) is 0 Å². The lowest BCUT2D eigenvalue weighted by Crippen LogP contribution is -2.45. The number of oxime groups is 1. The summed E-state index contributed by atoms with van der Waals surface area (Å²) in [7, 11) is 0. The summed E-state index contributed by atoms with van der Waals surface area (Å²) in [5.74, 6) is -2.26. The van der Waals surface area contributed by atoms with Crippen LogP contribution >= 0.6 is 0 Å². The second-order valence-electron chi connectivity index (χ2n) is 7.21. The Labute approximate surface area is 202 Å². The number of hydrogen-bond donors (Lipinski definition) is 1. The summed E-state index contributed by atoms with van der Waals surface area (Å²) < 4.78 is 16.6. The fraction of sp³-hybridized carbons (Fsp3) is 0.111. The molecule has 35 heavy (non-hydrogen) atoms. The second-order valence-corrected chi connectivity index (χ2v) is 7.21. The molecule has 0 aromatic heterocycles. The molecule has 0 saturated heterocycles. The molecule has 3 atom stereocenters. The number of rotatable bonds is 10. The minimum atomic E-state index is -1.42. The van der Waals surface area contributed by atoms with E-state index in [1.807, 2.05) is 0 Å². The van der Waals surface area contributed by atoms with Crippen LogP contribution in [0.5, 0.6) is 0 Å². The summed E-state index contributed by atoms with van der Waals surface area (Å²) in [6, 6.07) is 24.3. The van der Waals surface area contributed by atoms with E-state index >= 15 is 0 Å². The van der Waals surface area contributed by atoms with Gasteiger partial charge in [-0.3, -0.25) is 0 Å². The summed E-state index contributed by atoms with van der Waals surface area (Å²) in [4.78, 5) is 38.3. The van der Waals surface area contributed by atoms with Gasteiger partial charge in [0.05, 0.1) is 22.9 Å². The summed E-state index contributed by atoms with van der Waals surface area (Å²) >= 11 is 0. The first-order chi connectivity index (χ1) is 17.0. The molecule has 0 fully saturated rings. The highest BCUT2D eigenvalue weighted by Crippen LogP contribution is 2.19. The molecule has 0 aliphatic carbocycles. The molecule has 8 heteroatoms. The lowest BCUT2D eigenvalue weighted by Gasteiger charge is -2.29. The van der Waals surface area contributed by atoms with Crippen LogP contribution in [0, 0.1) is 0 Å². The maximum atomic E-state index is 12.9. The minimum Gasteiger partial charge on any atom is -0.450 e. The van der Waals surface area contributed by atoms with Gasteiger partial charge in [0.15, 0.2) is 18.3 Å². The molecule has 0 spiro atoms. The molecular formula is C27H23NO7. The van der Waals surface area contributed by atoms with E-state index in [1.165, 1.54) is 30.3 Å². The van der Waals surface area contributed by atoms with Crippen molar-refractivity contribution in [2.24, 2.45) is 5.16 Å². The van der Waals surface area contributed by atoms with Gasteiger partial charge >= 0.3 is 17.9 Å². The van der Waals surface area contributed by atoms with Crippen LogP contribution < -0.4 is 0 Å². The van der Waals surface area contributed by atoms with Crippen LogP contribution in [0.4, 0.5) is 0 Å². The Kier molecular flexibility index (Phi) is 8.90. The Morgan fingerprint density at radius 2 is 1.03 bits per heavy atom. The van der Waals surface area contributed by atoms with E-state index in [1.54, 1.807) is 66.7 Å². The van der Waals surface area contributed by atoms with Crippen LogP contribution in [-0.2, 0) is 14.2 Å². The molecule has 0 heterocycles. The molecule has 0 aliphatic rings. The van der Waals surface area contributed by atoms with Gasteiger partial charge in [-0.25, -0.2) is 14.4 Å². The van der Waals surface area contributed by atoms with E-state index in [4.69, 9.17) is 14.2 Å². The Morgan fingerprint density at radius 1 is 0.657 bits per heavy atom. The van der Waals surface area contributed by atoms with Gasteiger partial charge in [0.25, 0.3) is 0 Å². The molecule has 3 rings (SSSR count). The number of nitrogens with zero attached hydrogens (tertiary/aromatic N) is 1. The Hall–Kier alpha value is -4.72. The lowest BCUT2D eigenvalue weighted by atomic mass is 10.1. The standard InChI is InChI=1S/C27H23NO7/c1-2-22(33-25(29)19-12-6-3-7-13-19)24(35-27(31)21-16-10-5-11-17-21)23(18-28-32)34-26(30)20-14-8-4-9-15-20/h2-18,22-24,32H,1H2/b28-18+/t22-,23+,24+/m1/s1. The molecule has 8 nitrogen and oxygen atoms in total. The molecule has 0 radical (unpaired) electrons. The predicted octanol–water partition coefficient (Wildman–Crippen LogP) is 4.31. The summed E-state index contributed by atoms with van der Waals surface area (Å²) in [5, 5.41) is 12.2. The van der Waals surface area contributed by atoms with Crippen molar-refractivity contribution in [3.05, 3.63) is 120 Å². The number of esters is 3. The van der Waals surface area contributed by atoms with Crippen molar-refractivity contribution in [2.45, 2.75) is 18.3 Å². The van der Waals surface area contributed by atoms with E-state index in [0.29, 0.717) is 0 Å². The van der Waals surface area contributed by atoms with E-state index < -0.39 is 36.2 Å². The van der Waals surface area contributed by atoms with Crippen LogP contribution in [0.1, 0.15) is 31.1 Å². The van der Waals surface area contributed by atoms with E-state index in [9.17, 15) is 19.6 Å². The van der Waals surface area contributed by atoms with Crippen LogP contribution in [0.2, 0.25) is 0 Å². The normalized spacial score (nSPS) is 13.3. The third-order valence-electron chi connectivity index (χ3n) is 4.85. The fourth-order valence-corrected chi connectivity index (χ4v) is 3.12. The molecule has 0 aliphatic heterocycles. The molecule has 0 saturated carbocycles. The monoisotopic (exact) mass is 473 g/mol. The van der Waals surface area contributed by atoms with Gasteiger partial charge in [-0.05, 0) is 42.5 Å². The third kappa shape index (κ3) is 6.88. The predicted molar refractivity (Wildman–Crippen MR) is 127 cm³/mol. The SMILES string of the molecule is C=C[C@@H](OC(=O)c1ccccc1)[C@H](OC(=O)c1ccccc1)[C@H](/C=N/O)OC(=O)c1ccccc1. The van der Waals surface area contributed by atoms with Gasteiger partial charge in [-0.1, -0.05) is 66.3 Å². The molecule has 3 aromatic rings. The summed E-state index contributed by atoms with van der Waals surface area (Å²) in [5.41, 5.74) is 0.679. The van der Waals surface area contributed by atoms with Gasteiger partial charge in [-0.15, -0.1) is 0 Å². The number of carbonyl (C=O) groups is 3. The number of benzene rings is 3. The fourth-order valence-electron chi connectivity index (χ4n) is 3.12. The van der Waals surface area contributed by atoms with Crippen LogP contribution in [0.25, 0.3) is 0 Å². The minimum absolute atomic E-state index is 0.212. The maximum Gasteiger partial charge on any atom is 0.338 e. The highest BCUT2D eigenvalue weighted by molar-refractivity contribution is 5.92. The first-order valence-corrected chi connectivity index (χ1v) is 10.6. The van der Waals surface area contributed by atoms with Gasteiger partial charge in [-0.2, -0.15) is 0 Å². The van der Waals surface area contributed by atoms with Gasteiger partial charge < -0.3 is 19.4 Å². The zero-order valence-electron chi connectivity index (χ0n) is 18.6. The topological polar surface area (TPSA) is 111 Å². The number of carbonyl (C=O) groups excluding carboxylic acids is 3. The average molecular weight is 473 g/mol. The van der Waals surface area contributed by atoms with Crippen molar-refractivity contribution in [1.29, 1.82) is 0 Å². The number of hydrogen-bond acceptors (Lipinski definition) is 8. The molecule has 3 aromatic carbocycles. The van der Waals surface area contributed by atoms with Crippen LogP contribution in [0.3, 0.4) is 0 Å². The molecule has 178 valence electrons. The smallest absolute Gasteiger partial charge is 0.338 e. The quantitative estimate of drug-likeness (QED) is 0.117. The van der Waals surface area contributed by atoms with Gasteiger partial charge in [0.2, 0.25) is 0 Å². The van der Waals surface area contributed by atoms with E-state index in [2.05, 4.69) is 11.7 Å². The average Bonchev–Trinajstić information content (AvgIpc) is 2.91. The zero-order valence-corrected chi connectivity index (χ0v) is 18.6. The highest BCUT2D eigenvalue weighted by Gasteiger charge is 2.37.